The van der Waals surface area contributed by atoms with Crippen LogP contribution in [-0.4, -0.2) is 86.7 Å². The molecule has 3 aliphatic rings. The second kappa shape index (κ2) is 17.4. The van der Waals surface area contributed by atoms with Gasteiger partial charge in [0.2, 0.25) is 12.4 Å². The first-order valence-corrected chi connectivity index (χ1v) is 18.9. The van der Waals surface area contributed by atoms with Gasteiger partial charge in [-0.05, 0) is 25.0 Å². The van der Waals surface area contributed by atoms with Crippen LogP contribution >= 0.6 is 0 Å². The molecule has 310 valence electrons. The highest BCUT2D eigenvalue weighted by Crippen LogP contribution is 2.55. The van der Waals surface area contributed by atoms with Crippen molar-refractivity contribution < 1.29 is 63.5 Å². The van der Waals surface area contributed by atoms with Crippen molar-refractivity contribution in [3.8, 4) is 23.0 Å². The molecule has 3 aliphatic heterocycles. The molecule has 6 N–H and O–H groups in total. The topological polar surface area (TPSA) is 218 Å². The third-order valence-corrected chi connectivity index (χ3v) is 11.1. The van der Waals surface area contributed by atoms with E-state index in [9.17, 15) is 39.9 Å². The normalized spacial score (nSPS) is 30.4. The number of pyridine rings is 1. The number of methoxy groups -OCH3 is 1. The minimum atomic E-state index is -2.06. The number of aromatic hydroxyl groups is 3. The molecule has 4 heterocycles. The van der Waals surface area contributed by atoms with Crippen molar-refractivity contribution in [2.45, 2.75) is 85.6 Å². The van der Waals surface area contributed by atoms with Crippen LogP contribution in [0.4, 0.5) is 5.69 Å². The number of ether oxygens (including phenoxy) is 4. The first-order valence-electron chi connectivity index (χ1n) is 18.9. The maximum atomic E-state index is 14.4. The number of aromatic nitrogens is 1. The number of hydrogen-bond acceptors (Lipinski definition) is 13. The number of allylic oxidation sites excluding steroid dienone is 2. The van der Waals surface area contributed by atoms with E-state index in [4.69, 9.17) is 18.9 Å². The fourth-order valence-electron chi connectivity index (χ4n) is 7.46. The standard InChI is InChI=1S/C43H51N3O12/c1-21-14-13-15-22(2)42(54)45-33-28(20-44-46-17-11-10-12-18-46)37(51)30-31(38(33)52)36(50)26(6)40-32(30)41(53)43(8,58-40)56-19-16-29(55-9)23(3)39(57-27(7)47)25(5)35(49)24(4)34(21)48/h10-21,23-25,29,34-35,39,48-49H,1-9H3,(H3-,44,45,50,51,52,53,54)/p+1/b14-13+,19-16+,22-15-/t21-,23-,24-,25-,29+,34+,35+,39-,43+/m1/s1. The van der Waals surface area contributed by atoms with E-state index in [2.05, 4.69) is 10.4 Å². The molecule has 15 nitrogen and oxygen atoms in total. The zero-order chi connectivity index (χ0) is 42.8. The van der Waals surface area contributed by atoms with Crippen LogP contribution in [0.2, 0.25) is 0 Å². The fourth-order valence-corrected chi connectivity index (χ4v) is 7.46. The fraction of sp³-hybridized carbons (Fsp3) is 0.419. The molecule has 6 rings (SSSR count). The summed E-state index contributed by atoms with van der Waals surface area (Å²) in [6, 6.07) is 5.19. The molecular formula is C43H52N3O12+. The van der Waals surface area contributed by atoms with Gasteiger partial charge in [-0.3, -0.25) is 14.4 Å². The predicted octanol–water partition coefficient (Wildman–Crippen LogP) is 4.92. The number of Topliss-reactive ketones (excluding diaryl/α,β-unsaturated/α-hetero) is 1. The number of esters is 1. The van der Waals surface area contributed by atoms with Gasteiger partial charge < -0.3 is 49.8 Å². The summed E-state index contributed by atoms with van der Waals surface area (Å²) < 4.78 is 24.9. The molecule has 2 aromatic carbocycles. The summed E-state index contributed by atoms with van der Waals surface area (Å²) in [5.41, 5.74) is -0.518. The maximum absolute atomic E-state index is 14.4. The average molecular weight is 803 g/mol. The van der Waals surface area contributed by atoms with Gasteiger partial charge in [0.1, 0.15) is 29.6 Å². The van der Waals surface area contributed by atoms with Crippen molar-refractivity contribution in [3.05, 3.63) is 83.4 Å². The molecule has 0 radical (unpaired) electrons. The Morgan fingerprint density at radius 1 is 0.931 bits per heavy atom. The number of fused-ring (bicyclic) bond motifs is 14. The molecule has 58 heavy (non-hydrogen) atoms. The molecule has 1 aromatic heterocycles. The number of carbonyl (C=O) groups is 3. The van der Waals surface area contributed by atoms with Gasteiger partial charge in [-0.1, -0.05) is 56.7 Å². The molecule has 3 aromatic rings. The zero-order valence-corrected chi connectivity index (χ0v) is 34.0. The molecule has 0 saturated carbocycles. The molecule has 0 spiro atoms. The van der Waals surface area contributed by atoms with E-state index in [1.54, 1.807) is 70.4 Å². The number of benzene rings is 2. The number of aliphatic hydroxyl groups is 2. The van der Waals surface area contributed by atoms with Crippen LogP contribution in [0.15, 0.2) is 71.8 Å². The summed E-state index contributed by atoms with van der Waals surface area (Å²) in [4.78, 5) is 40.4. The maximum Gasteiger partial charge on any atom is 0.312 e. The highest BCUT2D eigenvalue weighted by Gasteiger charge is 2.50. The Bertz CT molecular complexity index is 2200. The van der Waals surface area contributed by atoms with Gasteiger partial charge in [0.05, 0.1) is 46.8 Å². The van der Waals surface area contributed by atoms with Gasteiger partial charge in [-0.15, -0.1) is 0 Å². The molecule has 1 amide bonds. The molecule has 9 atom stereocenters. The summed E-state index contributed by atoms with van der Waals surface area (Å²) in [6.45, 7) is 12.4. The molecule has 0 saturated heterocycles. The zero-order valence-electron chi connectivity index (χ0n) is 34.0. The number of nitrogens with one attached hydrogen (secondary N) is 1. The number of ketones is 1. The van der Waals surface area contributed by atoms with Gasteiger partial charge in [0, 0.05) is 73.3 Å². The van der Waals surface area contributed by atoms with E-state index in [0.717, 1.165) is 0 Å². The van der Waals surface area contributed by atoms with Gasteiger partial charge in [0.15, 0.2) is 5.75 Å². The van der Waals surface area contributed by atoms with E-state index >= 15 is 0 Å². The minimum absolute atomic E-state index is 0.0396. The van der Waals surface area contributed by atoms with E-state index in [0.29, 0.717) is 0 Å². The molecule has 0 unspecified atom stereocenters. The highest BCUT2D eigenvalue weighted by atomic mass is 16.7. The van der Waals surface area contributed by atoms with Crippen LogP contribution in [0.25, 0.3) is 10.8 Å². The highest BCUT2D eigenvalue weighted by molar-refractivity contribution is 6.23. The van der Waals surface area contributed by atoms with Crippen molar-refractivity contribution >= 4 is 40.3 Å². The summed E-state index contributed by atoms with van der Waals surface area (Å²) in [7, 11) is 1.43. The third-order valence-electron chi connectivity index (χ3n) is 11.1. The number of hydrogen-bond donors (Lipinski definition) is 6. The van der Waals surface area contributed by atoms with Crippen molar-refractivity contribution in [3.63, 3.8) is 0 Å². The minimum Gasteiger partial charge on any atom is -0.507 e. The lowest BCUT2D eigenvalue weighted by molar-refractivity contribution is -0.678. The Labute approximate surface area is 336 Å². The summed E-state index contributed by atoms with van der Waals surface area (Å²) >= 11 is 0. The Morgan fingerprint density at radius 2 is 1.60 bits per heavy atom. The number of carbonyl (C=O) groups excluding carboxylic acids is 3. The van der Waals surface area contributed by atoms with Crippen molar-refractivity contribution in [2.24, 2.45) is 28.8 Å². The number of aliphatic hydroxyl groups excluding tert-OH is 2. The summed E-state index contributed by atoms with van der Waals surface area (Å²) in [5, 5.41) is 64.6. The second-order valence-electron chi connectivity index (χ2n) is 15.1. The SMILES string of the molecule is CO[C@H]1/C=C/O[C@@]2(C)Oc3c(C)c(O)c4c(O)c(c(/C=N\[n+]5ccccc5)c(O)c4c3C2=O)NC(=O)/C(C)=C\C=C\[C@@H](C)[C@H](O)[C@@H](C)[C@H](O)[C@@H](C)[C@H](OC(C)=O)[C@@H]1C. The number of anilines is 1. The average Bonchev–Trinajstić information content (AvgIpc) is 3.46. The number of phenols is 3. The van der Waals surface area contributed by atoms with Crippen LogP contribution in [0.1, 0.15) is 70.0 Å². The lowest BCUT2D eigenvalue weighted by atomic mass is 9.78. The molecule has 5 bridgehead atoms. The van der Waals surface area contributed by atoms with Gasteiger partial charge >= 0.3 is 11.8 Å². The Hall–Kier alpha value is -5.77. The third kappa shape index (κ3) is 8.28. The van der Waals surface area contributed by atoms with Crippen LogP contribution < -0.4 is 14.7 Å². The molecule has 0 aliphatic carbocycles. The molecule has 0 fully saturated rings. The Kier molecular flexibility index (Phi) is 13.0. The Balaban J connectivity index is 1.73. The van der Waals surface area contributed by atoms with Crippen molar-refractivity contribution in [1.29, 1.82) is 0 Å². The number of rotatable bonds is 4. The van der Waals surface area contributed by atoms with E-state index < -0.39 is 88.8 Å². The predicted molar refractivity (Wildman–Crippen MR) is 213 cm³/mol. The molecule has 15 heteroatoms. The van der Waals surface area contributed by atoms with Gasteiger partial charge in [0.25, 0.3) is 11.7 Å². The van der Waals surface area contributed by atoms with Crippen LogP contribution in [0, 0.1) is 30.6 Å². The lowest BCUT2D eigenvalue weighted by Gasteiger charge is -2.38. The van der Waals surface area contributed by atoms with Gasteiger partial charge in [-0.2, -0.15) is 0 Å². The van der Waals surface area contributed by atoms with Gasteiger partial charge in [-0.25, -0.2) is 0 Å². The van der Waals surface area contributed by atoms with Crippen molar-refractivity contribution in [2.75, 3.05) is 12.4 Å². The number of phenolic OH excluding ortho intramolecular Hbond substituents is 3. The van der Waals surface area contributed by atoms with Crippen LogP contribution in [-0.2, 0) is 23.8 Å². The van der Waals surface area contributed by atoms with E-state index in [1.165, 1.54) is 64.1 Å². The number of amides is 1. The Morgan fingerprint density at radius 3 is 2.24 bits per heavy atom. The quantitative estimate of drug-likeness (QED) is 0.0681. The lowest BCUT2D eigenvalue weighted by Crippen LogP contribution is -2.46. The monoisotopic (exact) mass is 802 g/mol. The first kappa shape index (κ1) is 43.4. The first-order chi connectivity index (χ1) is 27.3. The van der Waals surface area contributed by atoms with Crippen LogP contribution in [0.3, 0.4) is 0 Å². The van der Waals surface area contributed by atoms with E-state index in [-0.39, 0.29) is 44.5 Å². The van der Waals surface area contributed by atoms with Crippen LogP contribution in [0.5, 0.6) is 23.0 Å². The second-order valence-corrected chi connectivity index (χ2v) is 15.1. The smallest absolute Gasteiger partial charge is 0.312 e. The number of nitrogens with zero attached hydrogens (tertiary/aromatic N) is 2. The van der Waals surface area contributed by atoms with E-state index in [1.807, 2.05) is 0 Å². The summed E-state index contributed by atoms with van der Waals surface area (Å²) in [6.07, 6.45) is 7.89. The molecular weight excluding hydrogens is 750 g/mol. The van der Waals surface area contributed by atoms with Crippen molar-refractivity contribution in [1.82, 2.24) is 0 Å². The summed E-state index contributed by atoms with van der Waals surface area (Å²) in [5.74, 6) is -8.55. The largest absolute Gasteiger partial charge is 0.507 e.